The molecule has 3 rings (SSSR count). The summed E-state index contributed by atoms with van der Waals surface area (Å²) in [5, 5.41) is 9.88. The molecule has 0 fully saturated rings. The van der Waals surface area contributed by atoms with E-state index in [9.17, 15) is 4.79 Å². The van der Waals surface area contributed by atoms with Gasteiger partial charge in [-0.2, -0.15) is 5.26 Å². The lowest BCUT2D eigenvalue weighted by Gasteiger charge is -2.13. The van der Waals surface area contributed by atoms with Crippen LogP contribution in [0.15, 0.2) is 58.5 Å². The van der Waals surface area contributed by atoms with Crippen molar-refractivity contribution in [3.05, 3.63) is 58.9 Å². The van der Waals surface area contributed by atoms with Crippen LogP contribution in [-0.2, 0) is 0 Å². The van der Waals surface area contributed by atoms with Gasteiger partial charge in [0.1, 0.15) is 5.75 Å². The topological polar surface area (TPSA) is 67.9 Å². The maximum Gasteiger partial charge on any atom is 0.266 e. The highest BCUT2D eigenvalue weighted by atomic mass is 32.2. The second kappa shape index (κ2) is 6.55. The van der Waals surface area contributed by atoms with E-state index in [-0.39, 0.29) is 11.3 Å². The zero-order chi connectivity index (χ0) is 16.2. The molecule has 0 saturated carbocycles. The molecular weight excluding hydrogens is 310 g/mol. The maximum absolute atomic E-state index is 12.9. The summed E-state index contributed by atoms with van der Waals surface area (Å²) >= 11 is 1.23. The predicted octanol–water partition coefficient (Wildman–Crippen LogP) is 3.01. The van der Waals surface area contributed by atoms with Crippen molar-refractivity contribution in [1.29, 1.82) is 5.26 Å². The van der Waals surface area contributed by atoms with Crippen LogP contribution in [0.2, 0.25) is 0 Å². The normalized spacial score (nSPS) is 10.4. The van der Waals surface area contributed by atoms with Gasteiger partial charge in [0, 0.05) is 6.07 Å². The van der Waals surface area contributed by atoms with Gasteiger partial charge in [0.25, 0.3) is 5.56 Å². The number of ether oxygens (including phenoxy) is 1. The van der Waals surface area contributed by atoms with Crippen LogP contribution in [0.1, 0.15) is 0 Å². The van der Waals surface area contributed by atoms with E-state index in [4.69, 9.17) is 10.00 Å². The zero-order valence-electron chi connectivity index (χ0n) is 12.4. The van der Waals surface area contributed by atoms with Crippen molar-refractivity contribution in [3.8, 4) is 17.5 Å². The molecule has 0 bridgehead atoms. The fourth-order valence-corrected chi connectivity index (χ4v) is 2.96. The molecule has 0 spiro atoms. The van der Waals surface area contributed by atoms with Crippen molar-refractivity contribution in [1.82, 2.24) is 9.55 Å². The molecule has 114 valence electrons. The fraction of sp³-hybridized carbons (Fsp3) is 0.118. The van der Waals surface area contributed by atoms with Crippen molar-refractivity contribution in [2.24, 2.45) is 0 Å². The van der Waals surface area contributed by atoms with Gasteiger partial charge in [-0.15, -0.1) is 0 Å². The van der Waals surface area contributed by atoms with Gasteiger partial charge >= 0.3 is 0 Å². The number of nitrogens with zero attached hydrogens (tertiary/aromatic N) is 3. The van der Waals surface area contributed by atoms with Gasteiger partial charge in [-0.1, -0.05) is 30.0 Å². The summed E-state index contributed by atoms with van der Waals surface area (Å²) in [6.07, 6.45) is 0. The van der Waals surface area contributed by atoms with Crippen molar-refractivity contribution in [3.63, 3.8) is 0 Å². The van der Waals surface area contributed by atoms with Gasteiger partial charge < -0.3 is 4.74 Å². The number of para-hydroxylation sites is 1. The van der Waals surface area contributed by atoms with Gasteiger partial charge in [0.2, 0.25) is 0 Å². The van der Waals surface area contributed by atoms with Gasteiger partial charge in [0.15, 0.2) is 5.16 Å². The number of hydrogen-bond donors (Lipinski definition) is 0. The Kier molecular flexibility index (Phi) is 4.31. The molecule has 2 aromatic carbocycles. The van der Waals surface area contributed by atoms with Gasteiger partial charge in [0.05, 0.1) is 35.5 Å². The molecule has 3 aromatic rings. The maximum atomic E-state index is 12.9. The Labute approximate surface area is 137 Å². The summed E-state index contributed by atoms with van der Waals surface area (Å²) in [6, 6.07) is 16.5. The Hall–Kier alpha value is -2.78. The number of nitriles is 1. The van der Waals surface area contributed by atoms with E-state index in [1.807, 2.05) is 30.3 Å². The third kappa shape index (κ3) is 2.91. The van der Waals surface area contributed by atoms with Crippen LogP contribution in [0, 0.1) is 11.3 Å². The zero-order valence-corrected chi connectivity index (χ0v) is 13.2. The first-order chi connectivity index (χ1) is 11.2. The Morgan fingerprint density at radius 1 is 1.26 bits per heavy atom. The smallest absolute Gasteiger partial charge is 0.266 e. The molecule has 23 heavy (non-hydrogen) atoms. The van der Waals surface area contributed by atoms with Crippen LogP contribution in [0.25, 0.3) is 16.6 Å². The van der Waals surface area contributed by atoms with Crippen LogP contribution in [-0.4, -0.2) is 22.4 Å². The molecule has 1 heterocycles. The number of fused-ring (bicyclic) bond motifs is 1. The molecule has 5 nitrogen and oxygen atoms in total. The van der Waals surface area contributed by atoms with Crippen molar-refractivity contribution < 1.29 is 4.74 Å². The number of thioether (sulfide) groups is 1. The molecule has 0 radical (unpaired) electrons. The van der Waals surface area contributed by atoms with E-state index in [1.54, 1.807) is 25.3 Å². The minimum Gasteiger partial charge on any atom is -0.497 e. The van der Waals surface area contributed by atoms with Crippen LogP contribution in [0.4, 0.5) is 0 Å². The van der Waals surface area contributed by atoms with Crippen LogP contribution in [0.5, 0.6) is 5.75 Å². The molecule has 0 saturated heterocycles. The number of benzene rings is 2. The summed E-state index contributed by atoms with van der Waals surface area (Å²) in [5.74, 6) is 0.869. The first-order valence-corrected chi connectivity index (χ1v) is 7.89. The molecule has 0 unspecified atom stereocenters. The molecule has 0 aliphatic rings. The number of hydrogen-bond acceptors (Lipinski definition) is 5. The molecule has 0 N–H and O–H groups in total. The minimum absolute atomic E-state index is 0.163. The van der Waals surface area contributed by atoms with Gasteiger partial charge in [-0.05, 0) is 24.3 Å². The lowest BCUT2D eigenvalue weighted by atomic mass is 10.2. The highest BCUT2D eigenvalue weighted by Crippen LogP contribution is 2.23. The van der Waals surface area contributed by atoms with E-state index in [2.05, 4.69) is 11.1 Å². The van der Waals surface area contributed by atoms with E-state index in [0.717, 1.165) is 0 Å². The van der Waals surface area contributed by atoms with E-state index < -0.39 is 0 Å². The van der Waals surface area contributed by atoms with Gasteiger partial charge in [-0.25, -0.2) is 4.98 Å². The number of methoxy groups -OCH3 is 1. The van der Waals surface area contributed by atoms with Crippen molar-refractivity contribution in [2.75, 3.05) is 12.9 Å². The Morgan fingerprint density at radius 3 is 2.87 bits per heavy atom. The molecule has 0 amide bonds. The first-order valence-electron chi connectivity index (χ1n) is 6.90. The van der Waals surface area contributed by atoms with Crippen LogP contribution in [0.3, 0.4) is 0 Å². The monoisotopic (exact) mass is 323 g/mol. The molecule has 0 atom stereocenters. The number of rotatable bonds is 4. The quantitative estimate of drug-likeness (QED) is 0.545. The van der Waals surface area contributed by atoms with E-state index >= 15 is 0 Å². The summed E-state index contributed by atoms with van der Waals surface area (Å²) in [4.78, 5) is 17.4. The van der Waals surface area contributed by atoms with Crippen LogP contribution < -0.4 is 10.3 Å². The van der Waals surface area contributed by atoms with Crippen LogP contribution >= 0.6 is 11.8 Å². The second-order valence-electron chi connectivity index (χ2n) is 4.70. The lowest BCUT2D eigenvalue weighted by molar-refractivity contribution is 0.414. The largest absolute Gasteiger partial charge is 0.497 e. The average molecular weight is 323 g/mol. The standard InChI is InChI=1S/C17H13N3O2S/c1-22-13-6-4-5-12(11-13)20-16(21)14-7-2-3-8-15(14)19-17(20)23-10-9-18/h2-8,11H,10H2,1H3. The Morgan fingerprint density at radius 2 is 2.09 bits per heavy atom. The molecule has 6 heteroatoms. The Balaban J connectivity index is 2.30. The fourth-order valence-electron chi connectivity index (χ4n) is 2.28. The summed E-state index contributed by atoms with van der Waals surface area (Å²) in [6.45, 7) is 0. The SMILES string of the molecule is COc1cccc(-n2c(SCC#N)nc3ccccc3c2=O)c1. The second-order valence-corrected chi connectivity index (χ2v) is 5.64. The highest BCUT2D eigenvalue weighted by molar-refractivity contribution is 7.99. The summed E-state index contributed by atoms with van der Waals surface area (Å²) < 4.78 is 6.75. The summed E-state index contributed by atoms with van der Waals surface area (Å²) in [7, 11) is 1.58. The van der Waals surface area contributed by atoms with Gasteiger partial charge in [-0.3, -0.25) is 9.36 Å². The highest BCUT2D eigenvalue weighted by Gasteiger charge is 2.13. The Bertz CT molecular complexity index is 960. The summed E-state index contributed by atoms with van der Waals surface area (Å²) in [5.41, 5.74) is 1.12. The molecular formula is C17H13N3O2S. The van der Waals surface area contributed by atoms with E-state index in [1.165, 1.54) is 16.3 Å². The average Bonchev–Trinajstić information content (AvgIpc) is 2.60. The molecule has 1 aromatic heterocycles. The van der Waals surface area contributed by atoms with E-state index in [0.29, 0.717) is 27.5 Å². The minimum atomic E-state index is -0.163. The van der Waals surface area contributed by atoms with Crippen molar-refractivity contribution in [2.45, 2.75) is 5.16 Å². The molecule has 0 aliphatic heterocycles. The third-order valence-corrected chi connectivity index (χ3v) is 4.13. The first kappa shape index (κ1) is 15.1. The molecule has 0 aliphatic carbocycles. The third-order valence-electron chi connectivity index (χ3n) is 3.32. The van der Waals surface area contributed by atoms with Crippen molar-refractivity contribution >= 4 is 22.7 Å². The predicted molar refractivity (Wildman–Crippen MR) is 90.2 cm³/mol. The number of aromatic nitrogens is 2. The lowest BCUT2D eigenvalue weighted by Crippen LogP contribution is -2.21.